The lowest BCUT2D eigenvalue weighted by Gasteiger charge is -2.41. The van der Waals surface area contributed by atoms with Crippen LogP contribution in [0.1, 0.15) is 40.0 Å². The highest BCUT2D eigenvalue weighted by Crippen LogP contribution is 2.40. The van der Waals surface area contributed by atoms with Crippen LogP contribution in [0.2, 0.25) is 0 Å². The zero-order valence-electron chi connectivity index (χ0n) is 8.18. The quantitative estimate of drug-likeness (QED) is 0.567. The lowest BCUT2D eigenvalue weighted by Crippen LogP contribution is -2.39. The Bertz CT molecular complexity index is 129. The van der Waals surface area contributed by atoms with Crippen LogP contribution in [0.15, 0.2) is 0 Å². The first kappa shape index (κ1) is 9.05. The van der Waals surface area contributed by atoms with Gasteiger partial charge in [0.25, 0.3) is 0 Å². The molecule has 0 aromatic heterocycles. The topological polar surface area (TPSA) is 9.23 Å². The van der Waals surface area contributed by atoms with Crippen molar-refractivity contribution in [2.45, 2.75) is 46.1 Å². The van der Waals surface area contributed by atoms with Crippen molar-refractivity contribution in [2.75, 3.05) is 7.11 Å². The third-order valence-electron chi connectivity index (χ3n) is 3.02. The van der Waals surface area contributed by atoms with Gasteiger partial charge in [-0.3, -0.25) is 0 Å². The maximum Gasteiger partial charge on any atom is 0.0647 e. The smallest absolute Gasteiger partial charge is 0.0647 e. The van der Waals surface area contributed by atoms with E-state index in [2.05, 4.69) is 20.8 Å². The Labute approximate surface area is 70.1 Å². The van der Waals surface area contributed by atoms with Gasteiger partial charge < -0.3 is 4.74 Å². The summed E-state index contributed by atoms with van der Waals surface area (Å²) in [4.78, 5) is 0. The summed E-state index contributed by atoms with van der Waals surface area (Å²) in [5.41, 5.74) is 0.395. The molecule has 1 nitrogen and oxygen atoms in total. The van der Waals surface area contributed by atoms with Crippen molar-refractivity contribution in [2.24, 2.45) is 11.3 Å². The summed E-state index contributed by atoms with van der Waals surface area (Å²) in [5, 5.41) is 0. The second-order valence-electron chi connectivity index (χ2n) is 4.51. The van der Waals surface area contributed by atoms with Crippen LogP contribution in [0.5, 0.6) is 0 Å². The molecule has 1 rings (SSSR count). The van der Waals surface area contributed by atoms with Crippen LogP contribution in [0, 0.1) is 11.3 Å². The number of hydrogen-bond donors (Lipinski definition) is 0. The van der Waals surface area contributed by atoms with Gasteiger partial charge in [0.15, 0.2) is 0 Å². The van der Waals surface area contributed by atoms with Crippen molar-refractivity contribution in [3.8, 4) is 0 Å². The molecule has 11 heavy (non-hydrogen) atoms. The first-order valence-electron chi connectivity index (χ1n) is 4.61. The summed E-state index contributed by atoms with van der Waals surface area (Å²) in [6.45, 7) is 6.93. The predicted molar refractivity (Wildman–Crippen MR) is 47.6 cm³/mol. The zero-order chi connectivity index (χ0) is 8.48. The van der Waals surface area contributed by atoms with Gasteiger partial charge in [-0.2, -0.15) is 0 Å². The first-order valence-corrected chi connectivity index (χ1v) is 4.61. The van der Waals surface area contributed by atoms with Crippen molar-refractivity contribution in [3.63, 3.8) is 0 Å². The predicted octanol–water partition coefficient (Wildman–Crippen LogP) is 2.85. The third-order valence-corrected chi connectivity index (χ3v) is 3.02. The maximum atomic E-state index is 5.52. The van der Waals surface area contributed by atoms with Gasteiger partial charge in [0.2, 0.25) is 0 Å². The second-order valence-corrected chi connectivity index (χ2v) is 4.51. The van der Waals surface area contributed by atoms with Crippen LogP contribution in [-0.2, 0) is 4.74 Å². The lowest BCUT2D eigenvalue weighted by atomic mass is 9.70. The average Bonchev–Trinajstić information content (AvgIpc) is 1.86. The van der Waals surface area contributed by atoms with E-state index in [1.807, 2.05) is 7.11 Å². The molecule has 0 radical (unpaired) electrons. The minimum absolute atomic E-state index is 0.395. The SMILES string of the molecule is COC1C(C)CCCC1(C)C. The zero-order valence-corrected chi connectivity index (χ0v) is 8.18. The Kier molecular flexibility index (Phi) is 2.58. The van der Waals surface area contributed by atoms with E-state index in [4.69, 9.17) is 4.74 Å². The summed E-state index contributed by atoms with van der Waals surface area (Å²) in [5.74, 6) is 0.740. The molecule has 0 aromatic rings. The van der Waals surface area contributed by atoms with Crippen molar-refractivity contribution in [3.05, 3.63) is 0 Å². The summed E-state index contributed by atoms with van der Waals surface area (Å²) in [7, 11) is 1.84. The van der Waals surface area contributed by atoms with Crippen LogP contribution in [0.4, 0.5) is 0 Å². The lowest BCUT2D eigenvalue weighted by molar-refractivity contribution is -0.0565. The highest BCUT2D eigenvalue weighted by molar-refractivity contribution is 4.87. The molecule has 2 unspecified atom stereocenters. The van der Waals surface area contributed by atoms with Gasteiger partial charge in [-0.25, -0.2) is 0 Å². The van der Waals surface area contributed by atoms with Crippen LogP contribution in [0.25, 0.3) is 0 Å². The fourth-order valence-corrected chi connectivity index (χ4v) is 2.49. The van der Waals surface area contributed by atoms with Crippen molar-refractivity contribution in [1.82, 2.24) is 0 Å². The molecule has 0 N–H and O–H groups in total. The van der Waals surface area contributed by atoms with Crippen molar-refractivity contribution < 1.29 is 4.74 Å². The maximum absolute atomic E-state index is 5.52. The molecule has 0 amide bonds. The van der Waals surface area contributed by atoms with E-state index in [1.165, 1.54) is 19.3 Å². The van der Waals surface area contributed by atoms with Crippen LogP contribution in [0.3, 0.4) is 0 Å². The molecule has 66 valence electrons. The fourth-order valence-electron chi connectivity index (χ4n) is 2.49. The monoisotopic (exact) mass is 156 g/mol. The summed E-state index contributed by atoms with van der Waals surface area (Å²) in [6, 6.07) is 0. The van der Waals surface area contributed by atoms with E-state index in [9.17, 15) is 0 Å². The Morgan fingerprint density at radius 1 is 1.36 bits per heavy atom. The molecule has 1 saturated carbocycles. The Morgan fingerprint density at radius 2 is 2.00 bits per heavy atom. The van der Waals surface area contributed by atoms with Gasteiger partial charge in [-0.1, -0.05) is 27.2 Å². The molecule has 0 aliphatic heterocycles. The molecule has 0 heterocycles. The molecule has 1 aliphatic carbocycles. The molecule has 0 bridgehead atoms. The standard InChI is InChI=1S/C10H20O/c1-8-6-5-7-10(2,3)9(8)11-4/h8-9H,5-7H2,1-4H3. The third kappa shape index (κ3) is 1.76. The van der Waals surface area contributed by atoms with Gasteiger partial charge in [0.1, 0.15) is 0 Å². The van der Waals surface area contributed by atoms with Crippen LogP contribution < -0.4 is 0 Å². The number of rotatable bonds is 1. The van der Waals surface area contributed by atoms with E-state index in [0.717, 1.165) is 5.92 Å². The number of ether oxygens (including phenoxy) is 1. The molecule has 0 spiro atoms. The van der Waals surface area contributed by atoms with E-state index in [1.54, 1.807) is 0 Å². The fraction of sp³-hybridized carbons (Fsp3) is 1.00. The minimum Gasteiger partial charge on any atom is -0.381 e. The molecule has 2 atom stereocenters. The number of methoxy groups -OCH3 is 1. The highest BCUT2D eigenvalue weighted by Gasteiger charge is 2.36. The van der Waals surface area contributed by atoms with Gasteiger partial charge in [0.05, 0.1) is 6.10 Å². The van der Waals surface area contributed by atoms with Gasteiger partial charge in [-0.15, -0.1) is 0 Å². The van der Waals surface area contributed by atoms with Crippen molar-refractivity contribution >= 4 is 0 Å². The first-order chi connectivity index (χ1) is 5.08. The van der Waals surface area contributed by atoms with Crippen LogP contribution in [-0.4, -0.2) is 13.2 Å². The summed E-state index contributed by atoms with van der Waals surface area (Å²) < 4.78 is 5.52. The van der Waals surface area contributed by atoms with E-state index >= 15 is 0 Å². The number of hydrogen-bond acceptors (Lipinski definition) is 1. The molecule has 1 heteroatoms. The Balaban J connectivity index is 2.64. The van der Waals surface area contributed by atoms with Gasteiger partial charge >= 0.3 is 0 Å². The second kappa shape index (κ2) is 3.14. The minimum atomic E-state index is 0.395. The highest BCUT2D eigenvalue weighted by atomic mass is 16.5. The Hall–Kier alpha value is -0.0400. The Morgan fingerprint density at radius 3 is 2.36 bits per heavy atom. The van der Waals surface area contributed by atoms with Gasteiger partial charge in [0, 0.05) is 7.11 Å². The molecule has 0 saturated heterocycles. The normalized spacial score (nSPS) is 37.1. The van der Waals surface area contributed by atoms with E-state index in [-0.39, 0.29) is 0 Å². The molecule has 1 aliphatic rings. The average molecular weight is 156 g/mol. The molecular formula is C10H20O. The van der Waals surface area contributed by atoms with E-state index < -0.39 is 0 Å². The van der Waals surface area contributed by atoms with Crippen molar-refractivity contribution in [1.29, 1.82) is 0 Å². The van der Waals surface area contributed by atoms with E-state index in [0.29, 0.717) is 11.5 Å². The molecule has 0 aromatic carbocycles. The summed E-state index contributed by atoms with van der Waals surface area (Å²) in [6.07, 6.45) is 4.49. The molecular weight excluding hydrogens is 136 g/mol. The van der Waals surface area contributed by atoms with Crippen LogP contribution >= 0.6 is 0 Å². The molecule has 1 fully saturated rings. The largest absolute Gasteiger partial charge is 0.381 e. The summed E-state index contributed by atoms with van der Waals surface area (Å²) >= 11 is 0. The van der Waals surface area contributed by atoms with Gasteiger partial charge in [-0.05, 0) is 24.2 Å².